The van der Waals surface area contributed by atoms with Gasteiger partial charge in [-0.05, 0) is 17.6 Å². The predicted molar refractivity (Wildman–Crippen MR) is 77.2 cm³/mol. The van der Waals surface area contributed by atoms with Crippen LogP contribution < -0.4 is 0 Å². The molecule has 0 atom stereocenters. The Labute approximate surface area is 117 Å². The first-order valence-electron chi connectivity index (χ1n) is 6.48. The van der Waals surface area contributed by atoms with Gasteiger partial charge >= 0.3 is 5.97 Å². The van der Waals surface area contributed by atoms with Crippen LogP contribution in [0.3, 0.4) is 0 Å². The molecular weight excluding hydrogens is 254 g/mol. The van der Waals surface area contributed by atoms with Crippen LogP contribution in [0.25, 0.3) is 12.2 Å². The molecule has 104 valence electrons. The van der Waals surface area contributed by atoms with E-state index in [0.717, 1.165) is 5.56 Å². The summed E-state index contributed by atoms with van der Waals surface area (Å²) in [5.41, 5.74) is 1.51. The SMILES string of the molecule is CC(C)Cn1nnc(C(=O)O)c1/C=C/c1ccccc1. The zero-order valence-corrected chi connectivity index (χ0v) is 11.5. The maximum atomic E-state index is 11.2. The van der Waals surface area contributed by atoms with Crippen LogP contribution in [0.2, 0.25) is 0 Å². The highest BCUT2D eigenvalue weighted by molar-refractivity contribution is 5.90. The summed E-state index contributed by atoms with van der Waals surface area (Å²) in [7, 11) is 0. The van der Waals surface area contributed by atoms with Gasteiger partial charge in [-0.2, -0.15) is 0 Å². The van der Waals surface area contributed by atoms with Gasteiger partial charge in [-0.1, -0.05) is 55.5 Å². The molecule has 1 heterocycles. The minimum absolute atomic E-state index is 0.0159. The molecule has 0 unspecified atom stereocenters. The van der Waals surface area contributed by atoms with Gasteiger partial charge in [-0.3, -0.25) is 0 Å². The molecule has 5 heteroatoms. The standard InChI is InChI=1S/C15H17N3O2/c1-11(2)10-18-13(14(15(19)20)16-17-18)9-8-12-6-4-3-5-7-12/h3-9,11H,10H2,1-2H3,(H,19,20)/b9-8+. The molecule has 5 nitrogen and oxygen atoms in total. The number of aromatic carboxylic acids is 1. The molecule has 20 heavy (non-hydrogen) atoms. The minimum atomic E-state index is -1.06. The third-order valence-electron chi connectivity index (χ3n) is 2.75. The molecular formula is C15H17N3O2. The Morgan fingerprint density at radius 1 is 1.30 bits per heavy atom. The summed E-state index contributed by atoms with van der Waals surface area (Å²) < 4.78 is 1.63. The van der Waals surface area contributed by atoms with Crippen molar-refractivity contribution >= 4 is 18.1 Å². The zero-order valence-electron chi connectivity index (χ0n) is 11.5. The van der Waals surface area contributed by atoms with Crippen LogP contribution in [-0.2, 0) is 6.54 Å². The molecule has 0 fully saturated rings. The van der Waals surface area contributed by atoms with Gasteiger partial charge in [0.25, 0.3) is 0 Å². The van der Waals surface area contributed by atoms with E-state index in [-0.39, 0.29) is 5.69 Å². The van der Waals surface area contributed by atoms with Gasteiger partial charge in [-0.15, -0.1) is 5.10 Å². The number of carboxylic acid groups (broad SMARTS) is 1. The number of hydrogen-bond acceptors (Lipinski definition) is 3. The summed E-state index contributed by atoms with van der Waals surface area (Å²) >= 11 is 0. The average molecular weight is 271 g/mol. The first-order valence-corrected chi connectivity index (χ1v) is 6.48. The topological polar surface area (TPSA) is 68.0 Å². The van der Waals surface area contributed by atoms with Gasteiger partial charge in [0.2, 0.25) is 0 Å². The van der Waals surface area contributed by atoms with Crippen LogP contribution >= 0.6 is 0 Å². The highest BCUT2D eigenvalue weighted by atomic mass is 16.4. The predicted octanol–water partition coefficient (Wildman–Crippen LogP) is 2.80. The van der Waals surface area contributed by atoms with E-state index in [4.69, 9.17) is 5.11 Å². The summed E-state index contributed by atoms with van der Waals surface area (Å²) in [5, 5.41) is 16.8. The van der Waals surface area contributed by atoms with E-state index in [1.807, 2.05) is 50.3 Å². The van der Waals surface area contributed by atoms with Crippen LogP contribution in [0.1, 0.15) is 35.6 Å². The summed E-state index contributed by atoms with van der Waals surface area (Å²) in [5.74, 6) is -0.699. The second-order valence-electron chi connectivity index (χ2n) is 4.95. The highest BCUT2D eigenvalue weighted by Crippen LogP contribution is 2.13. The molecule has 0 amide bonds. The number of rotatable bonds is 5. The van der Waals surface area contributed by atoms with E-state index in [9.17, 15) is 4.79 Å². The van der Waals surface area contributed by atoms with E-state index < -0.39 is 5.97 Å². The van der Waals surface area contributed by atoms with Crippen molar-refractivity contribution in [1.29, 1.82) is 0 Å². The normalized spacial score (nSPS) is 11.3. The van der Waals surface area contributed by atoms with Gasteiger partial charge in [-0.25, -0.2) is 9.48 Å². The fraction of sp³-hybridized carbons (Fsp3) is 0.267. The van der Waals surface area contributed by atoms with E-state index in [0.29, 0.717) is 18.2 Å². The average Bonchev–Trinajstić information content (AvgIpc) is 2.80. The van der Waals surface area contributed by atoms with Crippen molar-refractivity contribution in [3.05, 3.63) is 47.3 Å². The van der Waals surface area contributed by atoms with Gasteiger partial charge < -0.3 is 5.11 Å². The lowest BCUT2D eigenvalue weighted by Crippen LogP contribution is -2.09. The Kier molecular flexibility index (Phi) is 4.30. The molecule has 0 aliphatic rings. The molecule has 0 bridgehead atoms. The van der Waals surface area contributed by atoms with Crippen LogP contribution in [0.5, 0.6) is 0 Å². The first-order chi connectivity index (χ1) is 9.58. The van der Waals surface area contributed by atoms with Crippen molar-refractivity contribution in [2.24, 2.45) is 5.92 Å². The van der Waals surface area contributed by atoms with Crippen LogP contribution in [0, 0.1) is 5.92 Å². The second kappa shape index (κ2) is 6.14. The minimum Gasteiger partial charge on any atom is -0.476 e. The summed E-state index contributed by atoms with van der Waals surface area (Å²) in [6, 6.07) is 9.70. The number of aromatic nitrogens is 3. The molecule has 0 saturated carbocycles. The van der Waals surface area contributed by atoms with Gasteiger partial charge in [0, 0.05) is 6.54 Å². The smallest absolute Gasteiger partial charge is 0.358 e. The fourth-order valence-corrected chi connectivity index (χ4v) is 1.86. The molecule has 1 N–H and O–H groups in total. The maximum absolute atomic E-state index is 11.2. The summed E-state index contributed by atoms with van der Waals surface area (Å²) in [6.45, 7) is 4.73. The molecule has 1 aromatic carbocycles. The summed E-state index contributed by atoms with van der Waals surface area (Å²) in [4.78, 5) is 11.2. The Bertz CT molecular complexity index is 615. The first kappa shape index (κ1) is 14.0. The largest absolute Gasteiger partial charge is 0.476 e. The van der Waals surface area contributed by atoms with Gasteiger partial charge in [0.1, 0.15) is 0 Å². The Balaban J connectivity index is 2.35. The zero-order chi connectivity index (χ0) is 14.5. The lowest BCUT2D eigenvalue weighted by molar-refractivity contribution is 0.0690. The van der Waals surface area contributed by atoms with Crippen molar-refractivity contribution in [1.82, 2.24) is 15.0 Å². The fourth-order valence-electron chi connectivity index (χ4n) is 1.86. The second-order valence-corrected chi connectivity index (χ2v) is 4.95. The summed E-state index contributed by atoms with van der Waals surface area (Å²) in [6.07, 6.45) is 3.61. The molecule has 0 radical (unpaired) electrons. The van der Waals surface area contributed by atoms with Gasteiger partial charge in [0.15, 0.2) is 5.69 Å². The van der Waals surface area contributed by atoms with Crippen LogP contribution in [0.15, 0.2) is 30.3 Å². The highest BCUT2D eigenvalue weighted by Gasteiger charge is 2.17. The Morgan fingerprint density at radius 3 is 2.60 bits per heavy atom. The van der Waals surface area contributed by atoms with Crippen LogP contribution in [0.4, 0.5) is 0 Å². The number of carbonyl (C=O) groups is 1. The molecule has 0 aliphatic carbocycles. The van der Waals surface area contributed by atoms with Crippen molar-refractivity contribution in [3.8, 4) is 0 Å². The molecule has 0 spiro atoms. The molecule has 0 saturated heterocycles. The lowest BCUT2D eigenvalue weighted by Gasteiger charge is -2.06. The van der Waals surface area contributed by atoms with Crippen molar-refractivity contribution in [2.45, 2.75) is 20.4 Å². The molecule has 0 aliphatic heterocycles. The Hall–Kier alpha value is -2.43. The lowest BCUT2D eigenvalue weighted by atomic mass is 10.2. The third kappa shape index (κ3) is 3.32. The maximum Gasteiger partial charge on any atom is 0.358 e. The van der Waals surface area contributed by atoms with E-state index in [1.165, 1.54) is 0 Å². The van der Waals surface area contributed by atoms with Crippen molar-refractivity contribution in [3.63, 3.8) is 0 Å². The number of hydrogen-bond donors (Lipinski definition) is 1. The van der Waals surface area contributed by atoms with E-state index in [1.54, 1.807) is 10.8 Å². The van der Waals surface area contributed by atoms with E-state index in [2.05, 4.69) is 10.3 Å². The van der Waals surface area contributed by atoms with Crippen LogP contribution in [-0.4, -0.2) is 26.1 Å². The number of carboxylic acids is 1. The molecule has 2 aromatic rings. The van der Waals surface area contributed by atoms with Gasteiger partial charge in [0.05, 0.1) is 5.69 Å². The molecule has 2 rings (SSSR count). The number of nitrogens with zero attached hydrogens (tertiary/aromatic N) is 3. The number of benzene rings is 1. The Morgan fingerprint density at radius 2 is 2.00 bits per heavy atom. The monoisotopic (exact) mass is 271 g/mol. The van der Waals surface area contributed by atoms with Crippen molar-refractivity contribution in [2.75, 3.05) is 0 Å². The third-order valence-corrected chi connectivity index (χ3v) is 2.75. The quantitative estimate of drug-likeness (QED) is 0.908. The van der Waals surface area contributed by atoms with E-state index >= 15 is 0 Å². The molecule has 1 aromatic heterocycles. The van der Waals surface area contributed by atoms with Crippen molar-refractivity contribution < 1.29 is 9.90 Å².